The molecule has 1 amide bonds. The fourth-order valence-corrected chi connectivity index (χ4v) is 1.72. The number of benzene rings is 1. The van der Waals surface area contributed by atoms with Crippen LogP contribution in [0.4, 0.5) is 5.69 Å². The van der Waals surface area contributed by atoms with Crippen molar-refractivity contribution in [2.75, 3.05) is 12.3 Å². The van der Waals surface area contributed by atoms with Crippen LogP contribution in [0.2, 0.25) is 5.02 Å². The molecule has 5 nitrogen and oxygen atoms in total. The average Bonchev–Trinajstić information content (AvgIpc) is 2.27. The van der Waals surface area contributed by atoms with Gasteiger partial charge in [-0.2, -0.15) is 0 Å². The molecule has 0 saturated heterocycles. The number of hydrogen-bond donors (Lipinski definition) is 2. The third-order valence-electron chi connectivity index (χ3n) is 2.26. The second-order valence-electron chi connectivity index (χ2n) is 4.31. The van der Waals surface area contributed by atoms with Crippen molar-refractivity contribution in [3.05, 3.63) is 28.8 Å². The van der Waals surface area contributed by atoms with Crippen LogP contribution in [0.15, 0.2) is 18.2 Å². The van der Waals surface area contributed by atoms with Crippen LogP contribution in [0.3, 0.4) is 0 Å². The van der Waals surface area contributed by atoms with Crippen molar-refractivity contribution in [3.63, 3.8) is 0 Å². The Balaban J connectivity index is 2.50. The molecule has 0 aliphatic carbocycles. The number of nitrogens with one attached hydrogen (secondary N) is 1. The van der Waals surface area contributed by atoms with Gasteiger partial charge in [-0.15, -0.1) is 0 Å². The Morgan fingerprint density at radius 2 is 2.11 bits per heavy atom. The third-order valence-corrected chi connectivity index (χ3v) is 2.58. The number of carbonyl (C=O) groups excluding carboxylic acids is 2. The van der Waals surface area contributed by atoms with Gasteiger partial charge < -0.3 is 15.8 Å². The van der Waals surface area contributed by atoms with Gasteiger partial charge in [-0.25, -0.2) is 4.79 Å². The van der Waals surface area contributed by atoms with Gasteiger partial charge in [0.25, 0.3) is 0 Å². The number of halogens is 1. The van der Waals surface area contributed by atoms with Gasteiger partial charge >= 0.3 is 5.97 Å². The van der Waals surface area contributed by atoms with Gasteiger partial charge in [0.2, 0.25) is 5.91 Å². The maximum Gasteiger partial charge on any atom is 0.341 e. The summed E-state index contributed by atoms with van der Waals surface area (Å²) < 4.78 is 4.98. The minimum atomic E-state index is -0.625. The Hall–Kier alpha value is -1.75. The van der Waals surface area contributed by atoms with Gasteiger partial charge in [0.15, 0.2) is 0 Å². The third kappa shape index (κ3) is 4.79. The summed E-state index contributed by atoms with van der Waals surface area (Å²) in [6, 6.07) is 4.82. The molecule has 1 aromatic rings. The van der Waals surface area contributed by atoms with E-state index in [1.807, 2.05) is 13.8 Å². The average molecular weight is 285 g/mol. The van der Waals surface area contributed by atoms with E-state index < -0.39 is 5.97 Å². The molecule has 0 aliphatic rings. The number of nitrogen functional groups attached to an aromatic ring is 1. The lowest BCUT2D eigenvalue weighted by atomic mass is 10.2. The van der Waals surface area contributed by atoms with Gasteiger partial charge in [0.1, 0.15) is 12.2 Å². The molecule has 6 heteroatoms. The molecular formula is C13H17ClN2O3. The number of hydrogen-bond acceptors (Lipinski definition) is 4. The molecule has 0 heterocycles. The van der Waals surface area contributed by atoms with Crippen molar-refractivity contribution in [3.8, 4) is 0 Å². The molecule has 0 aromatic heterocycles. The van der Waals surface area contributed by atoms with Crippen LogP contribution in [-0.2, 0) is 9.53 Å². The Morgan fingerprint density at radius 3 is 2.68 bits per heavy atom. The Kier molecular flexibility index (Phi) is 5.63. The van der Waals surface area contributed by atoms with Crippen molar-refractivity contribution < 1.29 is 14.3 Å². The van der Waals surface area contributed by atoms with E-state index in [0.717, 1.165) is 0 Å². The molecule has 1 aromatic carbocycles. The second-order valence-corrected chi connectivity index (χ2v) is 4.72. The van der Waals surface area contributed by atoms with Gasteiger partial charge in [-0.1, -0.05) is 17.7 Å². The highest BCUT2D eigenvalue weighted by Crippen LogP contribution is 2.22. The maximum atomic E-state index is 11.8. The fourth-order valence-electron chi connectivity index (χ4n) is 1.46. The topological polar surface area (TPSA) is 81.4 Å². The first-order valence-electron chi connectivity index (χ1n) is 5.92. The van der Waals surface area contributed by atoms with Crippen LogP contribution >= 0.6 is 11.6 Å². The van der Waals surface area contributed by atoms with Crippen LogP contribution in [0.5, 0.6) is 0 Å². The van der Waals surface area contributed by atoms with E-state index in [1.165, 1.54) is 0 Å². The van der Waals surface area contributed by atoms with Crippen molar-refractivity contribution in [2.45, 2.75) is 26.3 Å². The molecular weight excluding hydrogens is 268 g/mol. The monoisotopic (exact) mass is 284 g/mol. The van der Waals surface area contributed by atoms with E-state index in [0.29, 0.717) is 0 Å². The lowest BCUT2D eigenvalue weighted by molar-refractivity contribution is -0.122. The van der Waals surface area contributed by atoms with Crippen LogP contribution in [0.1, 0.15) is 30.6 Å². The predicted molar refractivity (Wildman–Crippen MR) is 74.0 cm³/mol. The van der Waals surface area contributed by atoms with E-state index >= 15 is 0 Å². The van der Waals surface area contributed by atoms with Crippen molar-refractivity contribution in [1.29, 1.82) is 0 Å². The number of carbonyl (C=O) groups is 2. The number of nitrogens with two attached hydrogens (primary N) is 1. The van der Waals surface area contributed by atoms with Crippen molar-refractivity contribution in [1.82, 2.24) is 5.32 Å². The summed E-state index contributed by atoms with van der Waals surface area (Å²) in [7, 11) is 0. The highest BCUT2D eigenvalue weighted by molar-refractivity contribution is 6.34. The summed E-state index contributed by atoms with van der Waals surface area (Å²) in [4.78, 5) is 23.1. The molecule has 0 aliphatic heterocycles. The lowest BCUT2D eigenvalue weighted by Gasteiger charge is -2.10. The van der Waals surface area contributed by atoms with E-state index in [4.69, 9.17) is 22.1 Å². The normalized spacial score (nSPS) is 10.3. The van der Waals surface area contributed by atoms with Crippen LogP contribution in [0, 0.1) is 0 Å². The van der Waals surface area contributed by atoms with E-state index in [2.05, 4.69) is 5.32 Å². The number of rotatable bonds is 5. The molecule has 3 N–H and O–H groups in total. The molecule has 0 radical (unpaired) electrons. The first kappa shape index (κ1) is 15.3. The Bertz CT molecular complexity index is 455. The number of ether oxygens (including phenoxy) is 1. The molecule has 1 rings (SSSR count). The zero-order valence-electron chi connectivity index (χ0n) is 10.9. The maximum absolute atomic E-state index is 11.8. The second kappa shape index (κ2) is 6.99. The zero-order valence-corrected chi connectivity index (χ0v) is 11.7. The molecule has 0 saturated carbocycles. The minimum absolute atomic E-state index is 0.0119. The number of esters is 1. The molecule has 19 heavy (non-hydrogen) atoms. The molecule has 0 atom stereocenters. The smallest absolute Gasteiger partial charge is 0.341 e. The molecule has 0 fully saturated rings. The minimum Gasteiger partial charge on any atom is -0.461 e. The molecule has 0 unspecified atom stereocenters. The largest absolute Gasteiger partial charge is 0.461 e. The standard InChI is InChI=1S/C13H17ClN2O3/c1-8(2)16-11(17)6-7-19-13(18)12-9(14)4-3-5-10(12)15/h3-5,8H,6-7,15H2,1-2H3,(H,16,17). The quantitative estimate of drug-likeness (QED) is 0.640. The van der Waals surface area contributed by atoms with Gasteiger partial charge in [-0.3, -0.25) is 4.79 Å². The van der Waals surface area contributed by atoms with E-state index in [-0.39, 0.29) is 41.3 Å². The molecule has 104 valence electrons. The van der Waals surface area contributed by atoms with E-state index in [9.17, 15) is 9.59 Å². The van der Waals surface area contributed by atoms with Gasteiger partial charge in [-0.05, 0) is 26.0 Å². The summed E-state index contributed by atoms with van der Waals surface area (Å²) in [5.74, 6) is -0.796. The lowest BCUT2D eigenvalue weighted by Crippen LogP contribution is -2.31. The first-order chi connectivity index (χ1) is 8.91. The fraction of sp³-hybridized carbons (Fsp3) is 0.385. The number of amides is 1. The van der Waals surface area contributed by atoms with Crippen molar-refractivity contribution in [2.24, 2.45) is 0 Å². The van der Waals surface area contributed by atoms with Gasteiger partial charge in [0.05, 0.1) is 11.4 Å². The van der Waals surface area contributed by atoms with E-state index in [1.54, 1.807) is 18.2 Å². The van der Waals surface area contributed by atoms with Crippen LogP contribution in [0.25, 0.3) is 0 Å². The van der Waals surface area contributed by atoms with Crippen molar-refractivity contribution >= 4 is 29.2 Å². The summed E-state index contributed by atoms with van der Waals surface area (Å²) in [5, 5.41) is 2.93. The Labute approximate surface area is 117 Å². The van der Waals surface area contributed by atoms with Crippen LogP contribution < -0.4 is 11.1 Å². The summed E-state index contributed by atoms with van der Waals surface area (Å²) in [5.41, 5.74) is 6.04. The molecule has 0 bridgehead atoms. The first-order valence-corrected chi connectivity index (χ1v) is 6.30. The number of anilines is 1. The molecule has 0 spiro atoms. The highest BCUT2D eigenvalue weighted by Gasteiger charge is 2.15. The predicted octanol–water partition coefficient (Wildman–Crippen LogP) is 1.99. The summed E-state index contributed by atoms with van der Waals surface area (Å²) in [6.45, 7) is 3.70. The highest BCUT2D eigenvalue weighted by atomic mass is 35.5. The van der Waals surface area contributed by atoms with Crippen LogP contribution in [-0.4, -0.2) is 24.5 Å². The Morgan fingerprint density at radius 1 is 1.42 bits per heavy atom. The summed E-state index contributed by atoms with van der Waals surface area (Å²) in [6.07, 6.45) is 0.105. The van der Waals surface area contributed by atoms with Gasteiger partial charge in [0, 0.05) is 11.7 Å². The SMILES string of the molecule is CC(C)NC(=O)CCOC(=O)c1c(N)cccc1Cl. The zero-order chi connectivity index (χ0) is 14.4. The summed E-state index contributed by atoms with van der Waals surface area (Å²) >= 11 is 5.87.